The zero-order valence-electron chi connectivity index (χ0n) is 17.2. The quantitative estimate of drug-likeness (QED) is 0.317. The standard InChI is InChI=1S/C23H13N5O2S2/c1-8-6-12-20(31-8)24-18-16-14-10(22(29)27(12)18)4-5-11-15(14)17(26(16)3)19-25-21-13(7-9(2)32-21)28(19)23(11)30/h4-7H,1-3H3. The highest BCUT2D eigenvalue weighted by atomic mass is 32.1. The summed E-state index contributed by atoms with van der Waals surface area (Å²) in [4.78, 5) is 40.8. The van der Waals surface area contributed by atoms with Gasteiger partial charge in [0, 0.05) is 27.6 Å². The summed E-state index contributed by atoms with van der Waals surface area (Å²) < 4.78 is 5.49. The Morgan fingerprint density at radius 2 is 1.19 bits per heavy atom. The molecule has 0 aliphatic carbocycles. The molecule has 9 heteroatoms. The van der Waals surface area contributed by atoms with Gasteiger partial charge in [0.2, 0.25) is 0 Å². The predicted molar refractivity (Wildman–Crippen MR) is 131 cm³/mol. The van der Waals surface area contributed by atoms with E-state index in [0.717, 1.165) is 52.3 Å². The summed E-state index contributed by atoms with van der Waals surface area (Å²) >= 11 is 3.16. The van der Waals surface area contributed by atoms with Crippen LogP contribution in [0.5, 0.6) is 0 Å². The minimum Gasteiger partial charge on any atom is -0.337 e. The highest BCUT2D eigenvalue weighted by Crippen LogP contribution is 2.40. The maximum absolute atomic E-state index is 13.6. The van der Waals surface area contributed by atoms with E-state index >= 15 is 0 Å². The van der Waals surface area contributed by atoms with Crippen LogP contribution in [0.15, 0.2) is 33.9 Å². The molecule has 0 N–H and O–H groups in total. The Labute approximate surface area is 186 Å². The normalized spacial score (nSPS) is 13.1. The molecule has 7 nitrogen and oxygen atoms in total. The number of aryl methyl sites for hydroxylation is 3. The van der Waals surface area contributed by atoms with Crippen molar-refractivity contribution in [2.24, 2.45) is 7.05 Å². The molecule has 8 rings (SSSR count). The van der Waals surface area contributed by atoms with Crippen LogP contribution in [0.3, 0.4) is 0 Å². The SMILES string of the molecule is Cc1cc2c(nc3c4c5c(ccc6c(=O)n7c8cc(C)sc8nc7c(c65)n4C)c(=O)n23)s1. The molecule has 0 atom stereocenters. The lowest BCUT2D eigenvalue weighted by Crippen LogP contribution is -2.15. The predicted octanol–water partition coefficient (Wildman–Crippen LogP) is 4.42. The zero-order chi connectivity index (χ0) is 21.6. The molecule has 7 aromatic heterocycles. The first kappa shape index (κ1) is 17.0. The largest absolute Gasteiger partial charge is 0.337 e. The van der Waals surface area contributed by atoms with Crippen molar-refractivity contribution in [1.29, 1.82) is 0 Å². The molecule has 0 spiro atoms. The van der Waals surface area contributed by atoms with Crippen molar-refractivity contribution in [2.45, 2.75) is 13.8 Å². The van der Waals surface area contributed by atoms with E-state index < -0.39 is 0 Å². The summed E-state index contributed by atoms with van der Waals surface area (Å²) in [7, 11) is 1.97. The highest BCUT2D eigenvalue weighted by Gasteiger charge is 2.27. The van der Waals surface area contributed by atoms with Crippen LogP contribution >= 0.6 is 22.7 Å². The van der Waals surface area contributed by atoms with E-state index in [9.17, 15) is 9.59 Å². The third-order valence-corrected chi connectivity index (χ3v) is 8.46. The Bertz CT molecular complexity index is 2070. The summed E-state index contributed by atoms with van der Waals surface area (Å²) in [6, 6.07) is 7.60. The van der Waals surface area contributed by atoms with E-state index in [0.29, 0.717) is 22.1 Å². The average molecular weight is 456 g/mol. The number of hydrogen-bond acceptors (Lipinski definition) is 6. The number of aromatic nitrogens is 5. The molecule has 8 aromatic rings. The Morgan fingerprint density at radius 3 is 1.62 bits per heavy atom. The lowest BCUT2D eigenvalue weighted by Gasteiger charge is -2.03. The maximum Gasteiger partial charge on any atom is 0.264 e. The fraction of sp³-hybridized carbons (Fsp3) is 0.130. The first-order valence-corrected chi connectivity index (χ1v) is 11.8. The summed E-state index contributed by atoms with van der Waals surface area (Å²) in [5.41, 5.74) is 4.44. The molecular weight excluding hydrogens is 442 g/mol. The average Bonchev–Trinajstić information content (AvgIpc) is 3.50. The number of fused-ring (bicyclic) bond motifs is 8. The van der Waals surface area contributed by atoms with Gasteiger partial charge in [-0.2, -0.15) is 0 Å². The van der Waals surface area contributed by atoms with Gasteiger partial charge in [0.15, 0.2) is 11.3 Å². The van der Waals surface area contributed by atoms with E-state index in [1.54, 1.807) is 43.6 Å². The molecule has 0 saturated carbocycles. The molecule has 1 aromatic carbocycles. The van der Waals surface area contributed by atoms with Crippen LogP contribution in [-0.2, 0) is 7.05 Å². The van der Waals surface area contributed by atoms with Crippen molar-refractivity contribution in [2.75, 3.05) is 0 Å². The van der Waals surface area contributed by atoms with Gasteiger partial charge in [-0.05, 0) is 38.1 Å². The summed E-state index contributed by atoms with van der Waals surface area (Å²) in [6.07, 6.45) is 0. The van der Waals surface area contributed by atoms with Crippen molar-refractivity contribution < 1.29 is 0 Å². The van der Waals surface area contributed by atoms with Gasteiger partial charge in [0.25, 0.3) is 11.1 Å². The van der Waals surface area contributed by atoms with Gasteiger partial charge in [-0.25, -0.2) is 9.97 Å². The van der Waals surface area contributed by atoms with E-state index in [1.807, 2.05) is 33.0 Å². The summed E-state index contributed by atoms with van der Waals surface area (Å²) in [5.74, 6) is 0. The van der Waals surface area contributed by atoms with Crippen LogP contribution in [0.1, 0.15) is 9.75 Å². The monoisotopic (exact) mass is 455 g/mol. The minimum atomic E-state index is -0.102. The van der Waals surface area contributed by atoms with Crippen LogP contribution in [-0.4, -0.2) is 23.3 Å². The van der Waals surface area contributed by atoms with Gasteiger partial charge in [0.05, 0.1) is 32.8 Å². The third-order valence-electron chi connectivity index (χ3n) is 6.59. The minimum absolute atomic E-state index is 0.102. The fourth-order valence-corrected chi connectivity index (χ4v) is 7.09. The molecule has 0 fully saturated rings. The second-order valence-corrected chi connectivity index (χ2v) is 10.9. The van der Waals surface area contributed by atoms with Crippen molar-refractivity contribution in [3.63, 3.8) is 0 Å². The number of hydrogen-bond donors (Lipinski definition) is 0. The van der Waals surface area contributed by atoms with Crippen LogP contribution in [0.4, 0.5) is 0 Å². The lowest BCUT2D eigenvalue weighted by molar-refractivity contribution is 1.00. The van der Waals surface area contributed by atoms with Crippen LogP contribution < -0.4 is 11.1 Å². The number of nitrogens with zero attached hydrogens (tertiary/aromatic N) is 5. The molecule has 0 unspecified atom stereocenters. The molecule has 0 aliphatic rings. The second kappa shape index (κ2) is 5.08. The first-order valence-electron chi connectivity index (χ1n) is 10.2. The van der Waals surface area contributed by atoms with E-state index in [1.165, 1.54) is 0 Å². The van der Waals surface area contributed by atoms with Crippen molar-refractivity contribution in [3.8, 4) is 0 Å². The topological polar surface area (TPSA) is 73.7 Å². The third kappa shape index (κ3) is 1.66. The second-order valence-electron chi connectivity index (χ2n) is 8.41. The number of rotatable bonds is 0. The molecule has 0 bridgehead atoms. The Kier molecular flexibility index (Phi) is 2.71. The number of benzene rings is 1. The van der Waals surface area contributed by atoms with Gasteiger partial charge in [0.1, 0.15) is 9.66 Å². The summed E-state index contributed by atoms with van der Waals surface area (Å²) in [5, 5.41) is 2.80. The molecule has 154 valence electrons. The van der Waals surface area contributed by atoms with Crippen molar-refractivity contribution in [3.05, 3.63) is 54.7 Å². The van der Waals surface area contributed by atoms with E-state index in [2.05, 4.69) is 4.57 Å². The molecule has 7 heterocycles. The van der Waals surface area contributed by atoms with E-state index in [4.69, 9.17) is 9.97 Å². The number of thiophene rings is 2. The van der Waals surface area contributed by atoms with E-state index in [-0.39, 0.29) is 11.1 Å². The van der Waals surface area contributed by atoms with Crippen molar-refractivity contribution in [1.82, 2.24) is 23.3 Å². The number of pyridine rings is 2. The molecule has 32 heavy (non-hydrogen) atoms. The molecule has 0 amide bonds. The highest BCUT2D eigenvalue weighted by molar-refractivity contribution is 7.18. The fourth-order valence-electron chi connectivity index (χ4n) is 5.37. The molecule has 0 saturated heterocycles. The van der Waals surface area contributed by atoms with Crippen molar-refractivity contribution >= 4 is 87.2 Å². The van der Waals surface area contributed by atoms with Gasteiger partial charge in [-0.1, -0.05) is 0 Å². The zero-order valence-corrected chi connectivity index (χ0v) is 18.8. The first-order chi connectivity index (χ1) is 15.4. The smallest absolute Gasteiger partial charge is 0.264 e. The van der Waals surface area contributed by atoms with Gasteiger partial charge >= 0.3 is 0 Å². The van der Waals surface area contributed by atoms with Gasteiger partial charge < -0.3 is 4.57 Å². The number of imidazole rings is 2. The van der Waals surface area contributed by atoms with Gasteiger partial charge in [-0.15, -0.1) is 22.7 Å². The van der Waals surface area contributed by atoms with Crippen LogP contribution in [0.25, 0.3) is 64.6 Å². The molecule has 0 aliphatic heterocycles. The molecule has 0 radical (unpaired) electrons. The summed E-state index contributed by atoms with van der Waals surface area (Å²) in [6.45, 7) is 4.04. The Hall–Kier alpha value is -3.56. The molecular formula is C23H13N5O2S2. The lowest BCUT2D eigenvalue weighted by atomic mass is 10.0. The van der Waals surface area contributed by atoms with Crippen LogP contribution in [0.2, 0.25) is 0 Å². The van der Waals surface area contributed by atoms with Crippen LogP contribution in [0, 0.1) is 13.8 Å². The Balaban J connectivity index is 1.77. The maximum atomic E-state index is 13.6. The Morgan fingerprint density at radius 1 is 0.750 bits per heavy atom. The van der Waals surface area contributed by atoms with Gasteiger partial charge in [-0.3, -0.25) is 18.4 Å².